The van der Waals surface area contributed by atoms with Crippen molar-refractivity contribution in [1.29, 1.82) is 0 Å². The molecule has 8 nitrogen and oxygen atoms in total. The van der Waals surface area contributed by atoms with E-state index in [2.05, 4.69) is 0 Å². The van der Waals surface area contributed by atoms with Crippen molar-refractivity contribution in [2.75, 3.05) is 0 Å². The monoisotopic (exact) mass is 360 g/mol. The molecular weight excluding hydrogens is 348 g/mol. The third-order valence-electron chi connectivity index (χ3n) is 3.16. The smallest absolute Gasteiger partial charge is 0.484 e. The normalized spacial score (nSPS) is 10.6. The molecule has 2 rings (SSSR count). The van der Waals surface area contributed by atoms with E-state index in [1.54, 1.807) is 12.1 Å². The van der Waals surface area contributed by atoms with E-state index < -0.39 is 30.4 Å². The highest BCUT2D eigenvalue weighted by atomic mass is 28.3. The van der Waals surface area contributed by atoms with Crippen molar-refractivity contribution >= 4 is 30.4 Å². The van der Waals surface area contributed by atoms with Gasteiger partial charge in [-0.2, -0.15) is 0 Å². The molecule has 0 spiro atoms. The lowest BCUT2D eigenvalue weighted by Gasteiger charge is -2.18. The second-order valence-corrected chi connectivity index (χ2v) is 7.94. The van der Waals surface area contributed by atoms with Gasteiger partial charge in [0, 0.05) is 0 Å². The predicted molar refractivity (Wildman–Crippen MR) is 86.7 cm³/mol. The molecule has 0 atom stereocenters. The van der Waals surface area contributed by atoms with Gasteiger partial charge in [-0.05, 0) is 24.3 Å². The molecule has 0 saturated carbocycles. The maximum Gasteiger partial charge on any atom is 0.546 e. The van der Waals surface area contributed by atoms with Gasteiger partial charge in [-0.15, -0.1) is 0 Å². The molecule has 0 aromatic heterocycles. The van der Waals surface area contributed by atoms with Gasteiger partial charge >= 0.3 is 30.4 Å². The molecule has 2 N–H and O–H groups in total. The van der Waals surface area contributed by atoms with Gasteiger partial charge in [0.25, 0.3) is 0 Å². The van der Waals surface area contributed by atoms with Crippen molar-refractivity contribution in [2.24, 2.45) is 0 Å². The largest absolute Gasteiger partial charge is 0.546 e. The average molecular weight is 360 g/mol. The van der Waals surface area contributed by atoms with Crippen LogP contribution >= 0.6 is 0 Å². The molecule has 0 unspecified atom stereocenters. The summed E-state index contributed by atoms with van der Waals surface area (Å²) < 4.78 is 9.64. The lowest BCUT2D eigenvalue weighted by molar-refractivity contribution is 0.197. The zero-order valence-electron chi connectivity index (χ0n) is 12.6. The van der Waals surface area contributed by atoms with Gasteiger partial charge in [-0.25, -0.2) is 0 Å². The number of para-hydroxylation sites is 2. The van der Waals surface area contributed by atoms with Crippen LogP contribution < -0.4 is 9.47 Å². The van der Waals surface area contributed by atoms with Crippen molar-refractivity contribution < 1.29 is 38.9 Å². The Morgan fingerprint density at radius 3 is 1.24 bits per heavy atom. The van der Waals surface area contributed by atoms with Crippen LogP contribution in [-0.2, 0) is 0 Å². The van der Waals surface area contributed by atoms with Crippen molar-refractivity contribution in [3.05, 3.63) is 60.7 Å². The fraction of sp³-hybridized carbons (Fsp3) is 0. The molecule has 0 bridgehead atoms. The average Bonchev–Trinajstić information content (AvgIpc) is 2.56. The van der Waals surface area contributed by atoms with Crippen LogP contribution in [0.3, 0.4) is 0 Å². The first kappa shape index (κ1) is 17.9. The summed E-state index contributed by atoms with van der Waals surface area (Å²) in [6.45, 7) is 0. The zero-order chi connectivity index (χ0) is 18.4. The summed E-state index contributed by atoms with van der Waals surface area (Å²) in [5.74, 6) is -0.168. The number of carbonyl (C=O) groups is 4. The number of carboxylic acid groups (broad SMARTS) is 2. The summed E-state index contributed by atoms with van der Waals surface area (Å²) in [6, 6.07) is 14.5. The van der Waals surface area contributed by atoms with Crippen molar-refractivity contribution in [1.82, 2.24) is 0 Å². The molecule has 0 fully saturated rings. The Morgan fingerprint density at radius 2 is 0.960 bits per heavy atom. The summed E-state index contributed by atoms with van der Waals surface area (Å²) in [5.41, 5.74) is -7.47. The van der Waals surface area contributed by atoms with Crippen molar-refractivity contribution in [2.45, 2.75) is 0 Å². The fourth-order valence-electron chi connectivity index (χ4n) is 1.87. The van der Waals surface area contributed by atoms with Crippen LogP contribution in [0.4, 0.5) is 19.2 Å². The third kappa shape index (κ3) is 3.56. The molecule has 0 saturated heterocycles. The number of hydrogen-bond acceptors (Lipinski definition) is 6. The maximum atomic E-state index is 12.3. The Balaban J connectivity index is 2.39. The van der Waals surface area contributed by atoms with Gasteiger partial charge in [0.15, 0.2) is 0 Å². The summed E-state index contributed by atoms with van der Waals surface area (Å²) in [4.78, 5) is 47.9. The Hall–Kier alpha value is -3.46. The Labute approximate surface area is 142 Å². The molecule has 2 aromatic carbocycles. The van der Waals surface area contributed by atoms with Crippen molar-refractivity contribution in [3.63, 3.8) is 0 Å². The SMILES string of the molecule is O=C(O)[Si](C(=O)O)(C(=O)Oc1ccccc1)C(=O)Oc1ccccc1. The molecule has 0 amide bonds. The van der Waals surface area contributed by atoms with E-state index in [9.17, 15) is 29.4 Å². The van der Waals surface area contributed by atoms with Crippen LogP contribution in [0.5, 0.6) is 11.5 Å². The molecule has 0 aliphatic rings. The first-order chi connectivity index (χ1) is 11.9. The minimum absolute atomic E-state index is 0.0839. The minimum Gasteiger partial charge on any atom is -0.484 e. The Bertz CT molecular complexity index is 734. The molecule has 0 heterocycles. The molecule has 25 heavy (non-hydrogen) atoms. The van der Waals surface area contributed by atoms with E-state index in [1.165, 1.54) is 48.5 Å². The van der Waals surface area contributed by atoms with Crippen LogP contribution in [0.2, 0.25) is 0 Å². The summed E-state index contributed by atoms with van der Waals surface area (Å²) in [6.07, 6.45) is 0. The molecular formula is C16H12O8Si. The summed E-state index contributed by atoms with van der Waals surface area (Å²) >= 11 is 0. The number of benzene rings is 2. The second kappa shape index (κ2) is 7.40. The van der Waals surface area contributed by atoms with E-state index >= 15 is 0 Å². The first-order valence-corrected chi connectivity index (χ1v) is 8.90. The topological polar surface area (TPSA) is 127 Å². The van der Waals surface area contributed by atoms with Crippen LogP contribution in [0.15, 0.2) is 60.7 Å². The van der Waals surface area contributed by atoms with E-state index in [0.717, 1.165) is 0 Å². The van der Waals surface area contributed by atoms with E-state index in [-0.39, 0.29) is 11.5 Å². The maximum absolute atomic E-state index is 12.3. The number of ether oxygens (including phenoxy) is 2. The zero-order valence-corrected chi connectivity index (χ0v) is 13.6. The number of rotatable bonds is 6. The van der Waals surface area contributed by atoms with Gasteiger partial charge in [0.2, 0.25) is 0 Å². The molecule has 2 aromatic rings. The van der Waals surface area contributed by atoms with Crippen LogP contribution in [-0.4, -0.2) is 40.7 Å². The number of hydrogen-bond donors (Lipinski definition) is 2. The molecule has 0 radical (unpaired) electrons. The highest BCUT2D eigenvalue weighted by Crippen LogP contribution is 2.20. The lowest BCUT2D eigenvalue weighted by Crippen LogP contribution is -2.66. The highest BCUT2D eigenvalue weighted by Gasteiger charge is 2.70. The van der Waals surface area contributed by atoms with E-state index in [0.29, 0.717) is 0 Å². The van der Waals surface area contributed by atoms with Crippen molar-refractivity contribution in [3.8, 4) is 11.5 Å². The van der Waals surface area contributed by atoms with Gasteiger partial charge in [0.05, 0.1) is 0 Å². The van der Waals surface area contributed by atoms with Crippen LogP contribution in [0, 0.1) is 0 Å². The van der Waals surface area contributed by atoms with Gasteiger partial charge in [-0.3, -0.25) is 19.2 Å². The third-order valence-corrected chi connectivity index (χ3v) is 5.87. The fourth-order valence-corrected chi connectivity index (χ4v) is 3.46. The quantitative estimate of drug-likeness (QED) is 0.749. The summed E-state index contributed by atoms with van der Waals surface area (Å²) in [7, 11) is -5.41. The molecule has 128 valence electrons. The standard InChI is InChI=1S/C16H12O8Si/c17-13(18)25(14(19)20,15(21)23-11-7-3-1-4-8-11)16(22)24-12-9-5-2-6-10-12/h1-10H,(H,17,18)(H,19,20). The van der Waals surface area contributed by atoms with Crippen LogP contribution in [0.1, 0.15) is 0 Å². The molecule has 0 aliphatic carbocycles. The number of carbonyl (C=O) groups excluding carboxylic acids is 2. The Kier molecular flexibility index (Phi) is 5.30. The van der Waals surface area contributed by atoms with E-state index in [4.69, 9.17) is 9.47 Å². The molecule has 9 heteroatoms. The van der Waals surface area contributed by atoms with Crippen LogP contribution in [0.25, 0.3) is 0 Å². The lowest BCUT2D eigenvalue weighted by atomic mass is 10.3. The Morgan fingerprint density at radius 1 is 0.640 bits per heavy atom. The first-order valence-electron chi connectivity index (χ1n) is 6.90. The van der Waals surface area contributed by atoms with E-state index in [1.807, 2.05) is 0 Å². The van der Waals surface area contributed by atoms with Gasteiger partial charge in [0.1, 0.15) is 11.5 Å². The van der Waals surface area contributed by atoms with Gasteiger partial charge < -0.3 is 19.7 Å². The minimum atomic E-state index is -5.41. The predicted octanol–water partition coefficient (Wildman–Crippen LogP) is 3.52. The second-order valence-electron chi connectivity index (χ2n) is 4.77. The highest BCUT2D eigenvalue weighted by molar-refractivity contribution is 7.51. The molecule has 0 aliphatic heterocycles. The summed E-state index contributed by atoms with van der Waals surface area (Å²) in [5, 5.41) is 18.7. The van der Waals surface area contributed by atoms with Gasteiger partial charge in [-0.1, -0.05) is 36.4 Å².